The van der Waals surface area contributed by atoms with Crippen molar-refractivity contribution in [3.05, 3.63) is 35.9 Å². The number of hydrogen-bond donors (Lipinski definition) is 2. The van der Waals surface area contributed by atoms with E-state index in [1.54, 1.807) is 11.8 Å². The van der Waals surface area contributed by atoms with Gasteiger partial charge in [-0.3, -0.25) is 4.79 Å². The van der Waals surface area contributed by atoms with Crippen LogP contribution in [0.1, 0.15) is 38.7 Å². The van der Waals surface area contributed by atoms with E-state index in [-0.39, 0.29) is 11.2 Å². The van der Waals surface area contributed by atoms with Gasteiger partial charge < -0.3 is 10.6 Å². The predicted molar refractivity (Wildman–Crippen MR) is 99.6 cm³/mol. The summed E-state index contributed by atoms with van der Waals surface area (Å²) in [5.74, 6) is 2.16. The Morgan fingerprint density at radius 3 is 2.78 bits per heavy atom. The maximum Gasteiger partial charge on any atom is 0.233 e. The van der Waals surface area contributed by atoms with Crippen LogP contribution in [0.4, 0.5) is 0 Å². The molecule has 128 valence electrons. The minimum absolute atomic E-state index is 0.0275. The summed E-state index contributed by atoms with van der Waals surface area (Å²) in [6.45, 7) is 7.32. The Balaban J connectivity index is 1.74. The van der Waals surface area contributed by atoms with Crippen molar-refractivity contribution in [2.24, 2.45) is 11.8 Å². The Bertz CT molecular complexity index is 458. The van der Waals surface area contributed by atoms with E-state index < -0.39 is 0 Å². The highest BCUT2D eigenvalue weighted by molar-refractivity contribution is 7.99. The van der Waals surface area contributed by atoms with Crippen molar-refractivity contribution in [3.63, 3.8) is 0 Å². The van der Waals surface area contributed by atoms with E-state index in [2.05, 4.69) is 48.7 Å². The molecule has 0 saturated carbocycles. The summed E-state index contributed by atoms with van der Waals surface area (Å²) >= 11 is 1.75. The molecule has 2 rings (SSSR count). The smallest absolute Gasteiger partial charge is 0.233 e. The fourth-order valence-corrected chi connectivity index (χ4v) is 4.19. The van der Waals surface area contributed by atoms with E-state index in [0.717, 1.165) is 37.7 Å². The summed E-state index contributed by atoms with van der Waals surface area (Å²) in [6.07, 6.45) is 3.65. The number of hydrogen-bond acceptors (Lipinski definition) is 3. The van der Waals surface area contributed by atoms with Crippen molar-refractivity contribution in [1.82, 2.24) is 10.6 Å². The Kier molecular flexibility index (Phi) is 7.96. The molecular formula is C19H30N2OS. The summed E-state index contributed by atoms with van der Waals surface area (Å²) in [5, 5.41) is 6.62. The van der Waals surface area contributed by atoms with Gasteiger partial charge in [-0.2, -0.15) is 0 Å². The number of thioether (sulfide) groups is 1. The van der Waals surface area contributed by atoms with E-state index in [1.807, 2.05) is 6.07 Å². The van der Waals surface area contributed by atoms with Gasteiger partial charge in [0.2, 0.25) is 5.91 Å². The lowest BCUT2D eigenvalue weighted by Crippen LogP contribution is -2.38. The summed E-state index contributed by atoms with van der Waals surface area (Å²) in [4.78, 5) is 12.5. The molecule has 0 radical (unpaired) electrons. The fraction of sp³-hybridized carbons (Fsp3) is 0.632. The standard InChI is InChI=1S/C19H30N2OS/c1-15(2)18(23-14-17-7-4-3-5-8-17)19(22)21-12-10-16-9-6-11-20-13-16/h3-5,7-8,15-16,18,20H,6,9-14H2,1-2H3,(H,21,22). The minimum Gasteiger partial charge on any atom is -0.355 e. The van der Waals surface area contributed by atoms with Crippen LogP contribution in [0.15, 0.2) is 30.3 Å². The molecule has 2 unspecified atom stereocenters. The summed E-state index contributed by atoms with van der Waals surface area (Å²) in [5.41, 5.74) is 1.28. The van der Waals surface area contributed by atoms with E-state index in [4.69, 9.17) is 0 Å². The van der Waals surface area contributed by atoms with Crippen LogP contribution in [-0.4, -0.2) is 30.8 Å². The highest BCUT2D eigenvalue weighted by Crippen LogP contribution is 2.24. The third-order valence-electron chi connectivity index (χ3n) is 4.39. The van der Waals surface area contributed by atoms with Crippen LogP contribution < -0.4 is 10.6 Å². The molecule has 0 aromatic heterocycles. The molecule has 1 amide bonds. The second-order valence-corrected chi connectivity index (χ2v) is 7.88. The quantitative estimate of drug-likeness (QED) is 0.765. The lowest BCUT2D eigenvalue weighted by Gasteiger charge is -2.24. The van der Waals surface area contributed by atoms with Crippen molar-refractivity contribution < 1.29 is 4.79 Å². The number of rotatable bonds is 8. The van der Waals surface area contributed by atoms with Crippen molar-refractivity contribution in [1.29, 1.82) is 0 Å². The zero-order valence-corrected chi connectivity index (χ0v) is 15.2. The predicted octanol–water partition coefficient (Wildman–Crippen LogP) is 3.45. The summed E-state index contributed by atoms with van der Waals surface area (Å²) in [7, 11) is 0. The maximum atomic E-state index is 12.5. The number of benzene rings is 1. The molecule has 2 N–H and O–H groups in total. The van der Waals surface area contributed by atoms with Gasteiger partial charge in [0.25, 0.3) is 0 Å². The first-order valence-corrected chi connectivity index (χ1v) is 9.85. The van der Waals surface area contributed by atoms with Gasteiger partial charge in [0.15, 0.2) is 0 Å². The highest BCUT2D eigenvalue weighted by atomic mass is 32.2. The highest BCUT2D eigenvalue weighted by Gasteiger charge is 2.22. The van der Waals surface area contributed by atoms with E-state index >= 15 is 0 Å². The van der Waals surface area contributed by atoms with Gasteiger partial charge in [-0.05, 0) is 49.8 Å². The molecule has 1 aliphatic heterocycles. The second kappa shape index (κ2) is 9.99. The van der Waals surface area contributed by atoms with Gasteiger partial charge in [-0.1, -0.05) is 44.2 Å². The number of carbonyl (C=O) groups excluding carboxylic acids is 1. The van der Waals surface area contributed by atoms with Crippen LogP contribution in [0, 0.1) is 11.8 Å². The van der Waals surface area contributed by atoms with Gasteiger partial charge in [-0.15, -0.1) is 11.8 Å². The van der Waals surface area contributed by atoms with Crippen LogP contribution in [0.5, 0.6) is 0 Å². The zero-order valence-electron chi connectivity index (χ0n) is 14.4. The number of piperidine rings is 1. The molecule has 0 aliphatic carbocycles. The topological polar surface area (TPSA) is 41.1 Å². The Morgan fingerprint density at radius 1 is 1.35 bits per heavy atom. The molecule has 1 aromatic carbocycles. The lowest BCUT2D eigenvalue weighted by atomic mass is 9.96. The molecular weight excluding hydrogens is 304 g/mol. The molecule has 1 fully saturated rings. The number of carbonyl (C=O) groups is 1. The van der Waals surface area contributed by atoms with E-state index in [1.165, 1.54) is 18.4 Å². The summed E-state index contributed by atoms with van der Waals surface area (Å²) < 4.78 is 0. The van der Waals surface area contributed by atoms with Gasteiger partial charge in [0.05, 0.1) is 5.25 Å². The van der Waals surface area contributed by atoms with Gasteiger partial charge >= 0.3 is 0 Å². The van der Waals surface area contributed by atoms with Gasteiger partial charge in [-0.25, -0.2) is 0 Å². The monoisotopic (exact) mass is 334 g/mol. The molecule has 4 heteroatoms. The van der Waals surface area contributed by atoms with Crippen LogP contribution in [0.25, 0.3) is 0 Å². The number of amides is 1. The Labute approximate surface area is 145 Å². The molecule has 0 spiro atoms. The third-order valence-corrected chi connectivity index (χ3v) is 6.00. The molecule has 3 nitrogen and oxygen atoms in total. The summed E-state index contributed by atoms with van der Waals surface area (Å²) in [6, 6.07) is 10.4. The first kappa shape index (κ1) is 18.3. The number of nitrogens with one attached hydrogen (secondary N) is 2. The first-order chi connectivity index (χ1) is 11.2. The SMILES string of the molecule is CC(C)C(SCc1ccccc1)C(=O)NCCC1CCCNC1. The zero-order chi connectivity index (χ0) is 16.5. The van der Waals surface area contributed by atoms with Crippen LogP contribution in [0.2, 0.25) is 0 Å². The first-order valence-electron chi connectivity index (χ1n) is 8.80. The van der Waals surface area contributed by atoms with Gasteiger partial charge in [0.1, 0.15) is 0 Å². The lowest BCUT2D eigenvalue weighted by molar-refractivity contribution is -0.121. The van der Waals surface area contributed by atoms with Crippen molar-refractivity contribution in [2.45, 2.75) is 44.1 Å². The molecule has 1 aromatic rings. The van der Waals surface area contributed by atoms with Crippen molar-refractivity contribution >= 4 is 17.7 Å². The maximum absolute atomic E-state index is 12.5. The second-order valence-electron chi connectivity index (χ2n) is 6.75. The average Bonchev–Trinajstić information content (AvgIpc) is 2.56. The van der Waals surface area contributed by atoms with Crippen LogP contribution >= 0.6 is 11.8 Å². The fourth-order valence-electron chi connectivity index (χ4n) is 3.00. The van der Waals surface area contributed by atoms with E-state index in [9.17, 15) is 4.79 Å². The molecule has 1 saturated heterocycles. The Morgan fingerprint density at radius 2 is 2.13 bits per heavy atom. The molecule has 0 bridgehead atoms. The minimum atomic E-state index is 0.0275. The third kappa shape index (κ3) is 6.56. The van der Waals surface area contributed by atoms with Crippen molar-refractivity contribution in [2.75, 3.05) is 19.6 Å². The molecule has 2 atom stereocenters. The van der Waals surface area contributed by atoms with Crippen LogP contribution in [-0.2, 0) is 10.5 Å². The molecule has 23 heavy (non-hydrogen) atoms. The average molecular weight is 335 g/mol. The normalized spacial score (nSPS) is 19.5. The van der Waals surface area contributed by atoms with Gasteiger partial charge in [0, 0.05) is 12.3 Å². The molecule has 1 heterocycles. The Hall–Kier alpha value is -1.00. The largest absolute Gasteiger partial charge is 0.355 e. The molecule has 1 aliphatic rings. The van der Waals surface area contributed by atoms with E-state index in [0.29, 0.717) is 5.92 Å². The van der Waals surface area contributed by atoms with Crippen molar-refractivity contribution in [3.8, 4) is 0 Å². The van der Waals surface area contributed by atoms with Crippen LogP contribution in [0.3, 0.4) is 0 Å².